The van der Waals surface area contributed by atoms with E-state index in [1.54, 1.807) is 0 Å². The largest absolute Gasteiger partial charge is 0.369 e. The zero-order valence-corrected chi connectivity index (χ0v) is 7.48. The minimum absolute atomic E-state index is 0. The van der Waals surface area contributed by atoms with E-state index in [9.17, 15) is 0 Å². The van der Waals surface area contributed by atoms with Crippen LogP contribution in [0.3, 0.4) is 0 Å². The molecule has 0 radical (unpaired) electrons. The fraction of sp³-hybridized carbons (Fsp3) is 0.125. The molecule has 1 aromatic carbocycles. The van der Waals surface area contributed by atoms with Gasteiger partial charge in [-0.2, -0.15) is 0 Å². The number of nitrogen functional groups attached to an aromatic ring is 1. The highest BCUT2D eigenvalue weighted by Crippen LogP contribution is 2.15. The first-order chi connectivity index (χ1) is 5.27. The lowest BCUT2D eigenvalue weighted by Crippen LogP contribution is -1.84. The van der Waals surface area contributed by atoms with Crippen LogP contribution in [0.4, 0.5) is 5.95 Å². The molecule has 0 bridgehead atoms. The number of halogens is 1. The fourth-order valence-electron chi connectivity index (χ4n) is 1.19. The molecule has 1 aromatic heterocycles. The molecule has 3 N–H and O–H groups in total. The summed E-state index contributed by atoms with van der Waals surface area (Å²) in [7, 11) is 0. The topological polar surface area (TPSA) is 54.7 Å². The normalized spacial score (nSPS) is 9.75. The number of benzene rings is 1. The van der Waals surface area contributed by atoms with E-state index in [1.165, 1.54) is 5.56 Å². The van der Waals surface area contributed by atoms with Crippen molar-refractivity contribution in [1.82, 2.24) is 9.97 Å². The van der Waals surface area contributed by atoms with Crippen molar-refractivity contribution in [3.8, 4) is 0 Å². The Morgan fingerprint density at radius 1 is 1.42 bits per heavy atom. The maximum absolute atomic E-state index is 5.49. The predicted octanol–water partition coefficient (Wildman–Crippen LogP) is 1.88. The molecule has 0 amide bonds. The molecule has 2 aromatic rings. The Hall–Kier alpha value is -1.22. The van der Waals surface area contributed by atoms with Gasteiger partial charge in [-0.25, -0.2) is 4.98 Å². The standard InChI is InChI=1S/C8H9N3.ClH/c1-5-3-2-4-6-7(5)11-8(9)10-6;/h2-4H,1H3,(H3,9,10,11);1H. The molecular formula is C8H10ClN3. The first-order valence-electron chi connectivity index (χ1n) is 3.48. The SMILES string of the molecule is Cc1cccc2nc(N)[nH]c12.Cl. The van der Waals surface area contributed by atoms with Gasteiger partial charge in [0.25, 0.3) is 0 Å². The Bertz CT molecular complexity index is 394. The highest BCUT2D eigenvalue weighted by molar-refractivity contribution is 5.85. The molecule has 0 saturated heterocycles. The monoisotopic (exact) mass is 183 g/mol. The number of aromatic nitrogens is 2. The van der Waals surface area contributed by atoms with Crippen molar-refractivity contribution in [3.05, 3.63) is 23.8 Å². The second kappa shape index (κ2) is 3.03. The predicted molar refractivity (Wildman–Crippen MR) is 52.5 cm³/mol. The summed E-state index contributed by atoms with van der Waals surface area (Å²) in [5, 5.41) is 0. The van der Waals surface area contributed by atoms with Crippen LogP contribution in [0.2, 0.25) is 0 Å². The second-order valence-corrected chi connectivity index (χ2v) is 2.59. The smallest absolute Gasteiger partial charge is 0.198 e. The van der Waals surface area contributed by atoms with E-state index in [-0.39, 0.29) is 12.4 Å². The Kier molecular flexibility index (Phi) is 2.24. The number of anilines is 1. The van der Waals surface area contributed by atoms with Gasteiger partial charge in [0.05, 0.1) is 11.0 Å². The van der Waals surface area contributed by atoms with E-state index >= 15 is 0 Å². The third-order valence-corrected chi connectivity index (χ3v) is 1.74. The molecular weight excluding hydrogens is 174 g/mol. The number of nitrogens with zero attached hydrogens (tertiary/aromatic N) is 1. The lowest BCUT2D eigenvalue weighted by molar-refractivity contribution is 1.35. The molecule has 64 valence electrons. The zero-order valence-electron chi connectivity index (χ0n) is 6.66. The van der Waals surface area contributed by atoms with Crippen LogP contribution in [0.1, 0.15) is 5.56 Å². The summed E-state index contributed by atoms with van der Waals surface area (Å²) in [6.07, 6.45) is 0. The molecule has 4 heteroatoms. The number of nitrogens with two attached hydrogens (primary N) is 1. The minimum Gasteiger partial charge on any atom is -0.369 e. The third kappa shape index (κ3) is 1.23. The first-order valence-corrected chi connectivity index (χ1v) is 3.48. The Morgan fingerprint density at radius 3 is 2.83 bits per heavy atom. The van der Waals surface area contributed by atoms with Gasteiger partial charge >= 0.3 is 0 Å². The quantitative estimate of drug-likeness (QED) is 0.655. The van der Waals surface area contributed by atoms with Gasteiger partial charge in [-0.1, -0.05) is 12.1 Å². The van der Waals surface area contributed by atoms with Gasteiger partial charge in [0.2, 0.25) is 0 Å². The van der Waals surface area contributed by atoms with E-state index in [1.807, 2.05) is 25.1 Å². The summed E-state index contributed by atoms with van der Waals surface area (Å²) in [5.41, 5.74) is 8.63. The molecule has 0 aliphatic heterocycles. The van der Waals surface area contributed by atoms with Crippen molar-refractivity contribution < 1.29 is 0 Å². The molecule has 2 rings (SSSR count). The number of hydrogen-bond acceptors (Lipinski definition) is 2. The summed E-state index contributed by atoms with van der Waals surface area (Å²) in [4.78, 5) is 7.09. The Labute approximate surface area is 76.4 Å². The highest BCUT2D eigenvalue weighted by Gasteiger charge is 1.99. The molecule has 3 nitrogen and oxygen atoms in total. The second-order valence-electron chi connectivity index (χ2n) is 2.59. The maximum atomic E-state index is 5.49. The van der Waals surface area contributed by atoms with Crippen molar-refractivity contribution in [1.29, 1.82) is 0 Å². The van der Waals surface area contributed by atoms with Crippen LogP contribution in [0.15, 0.2) is 18.2 Å². The molecule has 0 spiro atoms. The van der Waals surface area contributed by atoms with Crippen molar-refractivity contribution in [3.63, 3.8) is 0 Å². The molecule has 1 heterocycles. The lowest BCUT2D eigenvalue weighted by Gasteiger charge is -1.90. The highest BCUT2D eigenvalue weighted by atomic mass is 35.5. The van der Waals surface area contributed by atoms with Crippen LogP contribution >= 0.6 is 12.4 Å². The number of aromatic amines is 1. The third-order valence-electron chi connectivity index (χ3n) is 1.74. The van der Waals surface area contributed by atoms with Crippen molar-refractivity contribution in [2.24, 2.45) is 0 Å². The number of imidazole rings is 1. The number of hydrogen-bond donors (Lipinski definition) is 2. The van der Waals surface area contributed by atoms with Crippen LogP contribution in [-0.4, -0.2) is 9.97 Å². The van der Waals surface area contributed by atoms with E-state index in [0.717, 1.165) is 11.0 Å². The van der Waals surface area contributed by atoms with E-state index in [2.05, 4.69) is 9.97 Å². The molecule has 0 unspecified atom stereocenters. The van der Waals surface area contributed by atoms with Gasteiger partial charge in [-0.05, 0) is 18.6 Å². The van der Waals surface area contributed by atoms with Crippen LogP contribution in [-0.2, 0) is 0 Å². The average Bonchev–Trinajstić information content (AvgIpc) is 2.31. The molecule has 0 saturated carbocycles. The van der Waals surface area contributed by atoms with Crippen LogP contribution in [0, 0.1) is 6.92 Å². The van der Waals surface area contributed by atoms with Crippen LogP contribution < -0.4 is 5.73 Å². The average molecular weight is 184 g/mol. The number of aryl methyl sites for hydroxylation is 1. The van der Waals surface area contributed by atoms with Gasteiger partial charge in [-0.3, -0.25) is 0 Å². The number of H-pyrrole nitrogens is 1. The van der Waals surface area contributed by atoms with Crippen molar-refractivity contribution >= 4 is 29.4 Å². The van der Waals surface area contributed by atoms with Crippen LogP contribution in [0.25, 0.3) is 11.0 Å². The van der Waals surface area contributed by atoms with Gasteiger partial charge < -0.3 is 10.7 Å². The Morgan fingerprint density at radius 2 is 2.17 bits per heavy atom. The van der Waals surface area contributed by atoms with Gasteiger partial charge in [0, 0.05) is 0 Å². The summed E-state index contributed by atoms with van der Waals surface area (Å²) >= 11 is 0. The molecule has 0 fully saturated rings. The first kappa shape index (κ1) is 8.87. The molecule has 0 aliphatic carbocycles. The minimum atomic E-state index is 0. The summed E-state index contributed by atoms with van der Waals surface area (Å²) < 4.78 is 0. The van der Waals surface area contributed by atoms with Gasteiger partial charge in [0.1, 0.15) is 0 Å². The zero-order chi connectivity index (χ0) is 7.84. The molecule has 0 aliphatic rings. The van der Waals surface area contributed by atoms with E-state index < -0.39 is 0 Å². The van der Waals surface area contributed by atoms with Gasteiger partial charge in [-0.15, -0.1) is 12.4 Å². The van der Waals surface area contributed by atoms with E-state index in [0.29, 0.717) is 5.95 Å². The lowest BCUT2D eigenvalue weighted by atomic mass is 10.2. The number of rotatable bonds is 0. The maximum Gasteiger partial charge on any atom is 0.198 e. The summed E-state index contributed by atoms with van der Waals surface area (Å²) in [6, 6.07) is 5.94. The fourth-order valence-corrected chi connectivity index (χ4v) is 1.19. The van der Waals surface area contributed by atoms with Gasteiger partial charge in [0.15, 0.2) is 5.95 Å². The number of para-hydroxylation sites is 1. The number of fused-ring (bicyclic) bond motifs is 1. The van der Waals surface area contributed by atoms with Crippen molar-refractivity contribution in [2.75, 3.05) is 5.73 Å². The summed E-state index contributed by atoms with van der Waals surface area (Å²) in [5.74, 6) is 0.481. The molecule has 0 atom stereocenters. The van der Waals surface area contributed by atoms with Crippen LogP contribution in [0.5, 0.6) is 0 Å². The number of nitrogens with one attached hydrogen (secondary N) is 1. The van der Waals surface area contributed by atoms with Crippen molar-refractivity contribution in [2.45, 2.75) is 6.92 Å². The molecule has 12 heavy (non-hydrogen) atoms. The Balaban J connectivity index is 0.000000720. The summed E-state index contributed by atoms with van der Waals surface area (Å²) in [6.45, 7) is 2.03. The van der Waals surface area contributed by atoms with E-state index in [4.69, 9.17) is 5.73 Å².